The van der Waals surface area contributed by atoms with Crippen LogP contribution in [0.5, 0.6) is 0 Å². The highest BCUT2D eigenvalue weighted by molar-refractivity contribution is 6.22. The molecule has 126 valence electrons. The second kappa shape index (κ2) is 6.43. The van der Waals surface area contributed by atoms with E-state index in [2.05, 4.69) is 5.32 Å². The molecule has 1 N–H and O–H groups in total. The summed E-state index contributed by atoms with van der Waals surface area (Å²) in [6, 6.07) is 4.45. The molecular formula is C17H19N3O4. The number of nitro benzene ring substituents is 1. The molecule has 24 heavy (non-hydrogen) atoms. The molecule has 3 rings (SSSR count). The van der Waals surface area contributed by atoms with E-state index in [9.17, 15) is 19.7 Å². The Kier molecular flexibility index (Phi) is 4.33. The Morgan fingerprint density at radius 2 is 1.83 bits per heavy atom. The van der Waals surface area contributed by atoms with Crippen molar-refractivity contribution in [1.29, 1.82) is 0 Å². The van der Waals surface area contributed by atoms with Gasteiger partial charge in [-0.25, -0.2) is 4.90 Å². The first-order chi connectivity index (χ1) is 11.5. The van der Waals surface area contributed by atoms with Crippen LogP contribution in [0.1, 0.15) is 26.2 Å². The predicted molar refractivity (Wildman–Crippen MR) is 89.7 cm³/mol. The Morgan fingerprint density at radius 1 is 1.21 bits per heavy atom. The van der Waals surface area contributed by atoms with Gasteiger partial charge in [0.1, 0.15) is 5.69 Å². The summed E-state index contributed by atoms with van der Waals surface area (Å²) < 4.78 is 0. The van der Waals surface area contributed by atoms with E-state index in [4.69, 9.17) is 0 Å². The number of nitro groups is 1. The number of imide groups is 1. The van der Waals surface area contributed by atoms with Gasteiger partial charge in [0.15, 0.2) is 0 Å². The number of benzene rings is 1. The summed E-state index contributed by atoms with van der Waals surface area (Å²) >= 11 is 0. The molecule has 0 radical (unpaired) electrons. The Bertz CT molecular complexity index is 703. The van der Waals surface area contributed by atoms with Crippen molar-refractivity contribution in [3.05, 3.63) is 40.5 Å². The number of amides is 2. The minimum absolute atomic E-state index is 0.130. The van der Waals surface area contributed by atoms with E-state index in [1.54, 1.807) is 12.1 Å². The molecule has 7 nitrogen and oxygen atoms in total. The van der Waals surface area contributed by atoms with Crippen LogP contribution in [0.2, 0.25) is 0 Å². The van der Waals surface area contributed by atoms with E-state index >= 15 is 0 Å². The minimum atomic E-state index is -0.499. The smallest absolute Gasteiger partial charge is 0.294 e. The third kappa shape index (κ3) is 2.66. The van der Waals surface area contributed by atoms with E-state index in [0.717, 1.165) is 11.3 Å². The van der Waals surface area contributed by atoms with E-state index < -0.39 is 4.92 Å². The topological polar surface area (TPSA) is 92.6 Å². The van der Waals surface area contributed by atoms with Crippen molar-refractivity contribution in [3.63, 3.8) is 0 Å². The zero-order valence-corrected chi connectivity index (χ0v) is 13.4. The molecule has 0 spiro atoms. The normalized spacial score (nSPS) is 22.6. The Morgan fingerprint density at radius 3 is 2.38 bits per heavy atom. The number of carbonyl (C=O) groups is 2. The number of carbonyl (C=O) groups excluding carboxylic acids is 2. The molecule has 0 aromatic heterocycles. The number of rotatable bonds is 5. The van der Waals surface area contributed by atoms with Gasteiger partial charge in [0.2, 0.25) is 11.8 Å². The van der Waals surface area contributed by atoms with Gasteiger partial charge in [-0.15, -0.1) is 0 Å². The van der Waals surface area contributed by atoms with Crippen LogP contribution in [0.25, 0.3) is 0 Å². The first-order valence-electron chi connectivity index (χ1n) is 8.09. The zero-order valence-electron chi connectivity index (χ0n) is 13.4. The maximum Gasteiger partial charge on any atom is 0.294 e. The number of anilines is 2. The van der Waals surface area contributed by atoms with E-state index in [1.165, 1.54) is 6.07 Å². The average Bonchev–Trinajstić information content (AvgIpc) is 2.84. The van der Waals surface area contributed by atoms with Crippen LogP contribution in [0.4, 0.5) is 17.1 Å². The summed E-state index contributed by atoms with van der Waals surface area (Å²) in [5.41, 5.74) is 0.534. The standard InChI is InChI=1S/C17H19N3O4/c1-2-9-18-14-8-7-11(10-15(14)20(23)24)19-16(21)12-5-3-4-6-13(12)17(19)22/h3-4,7-8,10,12-13,18H,2,5-6,9H2,1H3/t12-,13+. The highest BCUT2D eigenvalue weighted by Crippen LogP contribution is 2.39. The van der Waals surface area contributed by atoms with Gasteiger partial charge in [-0.2, -0.15) is 0 Å². The molecule has 2 atom stereocenters. The molecular weight excluding hydrogens is 310 g/mol. The number of nitrogens with one attached hydrogen (secondary N) is 1. The van der Waals surface area contributed by atoms with E-state index in [0.29, 0.717) is 25.1 Å². The van der Waals surface area contributed by atoms with Crippen molar-refractivity contribution in [2.24, 2.45) is 11.8 Å². The summed E-state index contributed by atoms with van der Waals surface area (Å²) in [5.74, 6) is -1.23. The summed E-state index contributed by atoms with van der Waals surface area (Å²) in [6.45, 7) is 2.57. The van der Waals surface area contributed by atoms with Gasteiger partial charge in [-0.1, -0.05) is 19.1 Å². The fourth-order valence-electron chi connectivity index (χ4n) is 3.27. The summed E-state index contributed by atoms with van der Waals surface area (Å²) in [4.78, 5) is 37.1. The quantitative estimate of drug-likeness (QED) is 0.388. The number of hydrogen-bond donors (Lipinski definition) is 1. The second-order valence-corrected chi connectivity index (χ2v) is 6.05. The fourth-order valence-corrected chi connectivity index (χ4v) is 3.27. The molecule has 1 fully saturated rings. The summed E-state index contributed by atoms with van der Waals surface area (Å²) in [6.07, 6.45) is 5.75. The molecule has 2 amide bonds. The van der Waals surface area contributed by atoms with Crippen LogP contribution in [0, 0.1) is 22.0 Å². The van der Waals surface area contributed by atoms with Crippen LogP contribution < -0.4 is 10.2 Å². The molecule has 1 aliphatic heterocycles. The van der Waals surface area contributed by atoms with Gasteiger partial charge in [0, 0.05) is 12.6 Å². The van der Waals surface area contributed by atoms with Gasteiger partial charge in [0.25, 0.3) is 5.69 Å². The lowest BCUT2D eigenvalue weighted by atomic mass is 9.85. The van der Waals surface area contributed by atoms with Crippen LogP contribution >= 0.6 is 0 Å². The first-order valence-corrected chi connectivity index (χ1v) is 8.09. The summed E-state index contributed by atoms with van der Waals surface area (Å²) in [5, 5.41) is 14.3. The molecule has 7 heteroatoms. The molecule has 0 saturated carbocycles. The second-order valence-electron chi connectivity index (χ2n) is 6.05. The van der Waals surface area contributed by atoms with Gasteiger partial charge in [0.05, 0.1) is 22.4 Å². The molecule has 2 aliphatic rings. The van der Waals surface area contributed by atoms with Crippen LogP contribution in [-0.4, -0.2) is 23.3 Å². The van der Waals surface area contributed by atoms with E-state index in [-0.39, 0.29) is 35.0 Å². The van der Waals surface area contributed by atoms with Crippen molar-refractivity contribution in [2.45, 2.75) is 26.2 Å². The number of allylic oxidation sites excluding steroid dienone is 2. The van der Waals surface area contributed by atoms with Gasteiger partial charge in [-0.05, 0) is 31.4 Å². The van der Waals surface area contributed by atoms with Crippen molar-refractivity contribution in [1.82, 2.24) is 0 Å². The maximum absolute atomic E-state index is 12.6. The van der Waals surface area contributed by atoms with Crippen LogP contribution in [0.15, 0.2) is 30.4 Å². The van der Waals surface area contributed by atoms with E-state index in [1.807, 2.05) is 19.1 Å². The van der Waals surface area contributed by atoms with Crippen LogP contribution in [0.3, 0.4) is 0 Å². The van der Waals surface area contributed by atoms with Gasteiger partial charge in [-0.3, -0.25) is 19.7 Å². The largest absolute Gasteiger partial charge is 0.380 e. The summed E-state index contributed by atoms with van der Waals surface area (Å²) in [7, 11) is 0. The Hall–Kier alpha value is -2.70. The highest BCUT2D eigenvalue weighted by atomic mass is 16.6. The molecule has 0 unspecified atom stereocenters. The average molecular weight is 329 g/mol. The van der Waals surface area contributed by atoms with Gasteiger partial charge >= 0.3 is 0 Å². The number of hydrogen-bond acceptors (Lipinski definition) is 5. The number of fused-ring (bicyclic) bond motifs is 1. The molecule has 1 heterocycles. The lowest BCUT2D eigenvalue weighted by Crippen LogP contribution is -2.30. The monoisotopic (exact) mass is 329 g/mol. The van der Waals surface area contributed by atoms with Crippen molar-refractivity contribution >= 4 is 28.9 Å². The fraction of sp³-hybridized carbons (Fsp3) is 0.412. The Labute approximate surface area is 139 Å². The lowest BCUT2D eigenvalue weighted by Gasteiger charge is -2.16. The predicted octanol–water partition coefficient (Wildman–Crippen LogP) is 2.87. The highest BCUT2D eigenvalue weighted by Gasteiger charge is 2.48. The van der Waals surface area contributed by atoms with Crippen molar-refractivity contribution in [2.75, 3.05) is 16.8 Å². The SMILES string of the molecule is CCCNc1ccc(N2C(=O)[C@H]3CC=CC[C@H]3C2=O)cc1[N+](=O)[O-]. The zero-order chi connectivity index (χ0) is 17.3. The molecule has 1 aliphatic carbocycles. The number of nitrogens with zero attached hydrogens (tertiary/aromatic N) is 2. The lowest BCUT2D eigenvalue weighted by molar-refractivity contribution is -0.383. The first kappa shape index (κ1) is 16.2. The minimum Gasteiger partial charge on any atom is -0.380 e. The van der Waals surface area contributed by atoms with Crippen molar-refractivity contribution in [3.8, 4) is 0 Å². The Balaban J connectivity index is 1.95. The molecule has 0 bridgehead atoms. The molecule has 1 aromatic carbocycles. The van der Waals surface area contributed by atoms with Crippen molar-refractivity contribution < 1.29 is 14.5 Å². The third-order valence-corrected chi connectivity index (χ3v) is 4.51. The molecule has 1 saturated heterocycles. The third-order valence-electron chi connectivity index (χ3n) is 4.51. The molecule has 1 aromatic rings. The van der Waals surface area contributed by atoms with Crippen LogP contribution in [-0.2, 0) is 9.59 Å². The maximum atomic E-state index is 12.6. The van der Waals surface area contributed by atoms with Gasteiger partial charge < -0.3 is 5.32 Å².